The molecule has 1 aliphatic rings. The van der Waals surface area contributed by atoms with Crippen LogP contribution in [0.25, 0.3) is 0 Å². The number of halogens is 2. The van der Waals surface area contributed by atoms with E-state index in [9.17, 15) is 13.2 Å². The van der Waals surface area contributed by atoms with Gasteiger partial charge in [0.2, 0.25) is 5.91 Å². The Balaban J connectivity index is 1.89. The van der Waals surface area contributed by atoms with E-state index in [1.807, 2.05) is 6.92 Å². The van der Waals surface area contributed by atoms with Crippen molar-refractivity contribution in [2.45, 2.75) is 24.7 Å². The van der Waals surface area contributed by atoms with Crippen molar-refractivity contribution < 1.29 is 13.2 Å². The minimum atomic E-state index is -3.87. The van der Waals surface area contributed by atoms with Crippen molar-refractivity contribution >= 4 is 50.5 Å². The van der Waals surface area contributed by atoms with Crippen molar-refractivity contribution in [2.75, 3.05) is 16.2 Å². The topological polar surface area (TPSA) is 66.5 Å². The number of hydrogen-bond acceptors (Lipinski definition) is 3. The molecule has 0 atom stereocenters. The lowest BCUT2D eigenvalue weighted by Crippen LogP contribution is -2.24. The van der Waals surface area contributed by atoms with Crippen LogP contribution in [0, 0.1) is 6.92 Å². The Labute approximate surface area is 156 Å². The lowest BCUT2D eigenvalue weighted by atomic mass is 10.1. The van der Waals surface area contributed by atoms with Crippen LogP contribution in [0.1, 0.15) is 18.4 Å². The summed E-state index contributed by atoms with van der Waals surface area (Å²) in [6.07, 6.45) is 1.38. The Morgan fingerprint density at radius 2 is 1.88 bits per heavy atom. The molecule has 0 saturated carbocycles. The van der Waals surface area contributed by atoms with Gasteiger partial charge >= 0.3 is 0 Å². The molecule has 1 N–H and O–H groups in total. The first kappa shape index (κ1) is 18.0. The van der Waals surface area contributed by atoms with E-state index in [2.05, 4.69) is 4.72 Å². The zero-order valence-corrected chi connectivity index (χ0v) is 15.7. The quantitative estimate of drug-likeness (QED) is 0.837. The summed E-state index contributed by atoms with van der Waals surface area (Å²) in [5.74, 6) is 0.0853. The Morgan fingerprint density at radius 1 is 1.12 bits per heavy atom. The van der Waals surface area contributed by atoms with E-state index in [1.165, 1.54) is 18.2 Å². The third kappa shape index (κ3) is 3.76. The maximum Gasteiger partial charge on any atom is 0.263 e. The molecule has 0 aliphatic carbocycles. The first-order valence-corrected chi connectivity index (χ1v) is 9.91. The van der Waals surface area contributed by atoms with Gasteiger partial charge in [0.05, 0.1) is 5.02 Å². The summed E-state index contributed by atoms with van der Waals surface area (Å²) in [5.41, 5.74) is 2.00. The van der Waals surface area contributed by atoms with E-state index < -0.39 is 10.0 Å². The van der Waals surface area contributed by atoms with Crippen LogP contribution in [0.2, 0.25) is 10.0 Å². The molecular weight excluding hydrogens is 383 g/mol. The second-order valence-electron chi connectivity index (χ2n) is 5.83. The Kier molecular flexibility index (Phi) is 4.95. The monoisotopic (exact) mass is 398 g/mol. The fourth-order valence-corrected chi connectivity index (χ4v) is 4.63. The molecule has 5 nitrogen and oxygen atoms in total. The molecule has 0 bridgehead atoms. The highest BCUT2D eigenvalue weighted by atomic mass is 35.5. The van der Waals surface area contributed by atoms with Crippen molar-refractivity contribution in [1.29, 1.82) is 0 Å². The Morgan fingerprint density at radius 3 is 2.52 bits per heavy atom. The first-order valence-electron chi connectivity index (χ1n) is 7.67. The van der Waals surface area contributed by atoms with Gasteiger partial charge in [0.1, 0.15) is 4.90 Å². The third-order valence-corrected chi connectivity index (χ3v) is 6.09. The van der Waals surface area contributed by atoms with Gasteiger partial charge in [-0.2, -0.15) is 0 Å². The van der Waals surface area contributed by atoms with Crippen LogP contribution >= 0.6 is 23.2 Å². The largest absolute Gasteiger partial charge is 0.312 e. The summed E-state index contributed by atoms with van der Waals surface area (Å²) in [6, 6.07) is 9.33. The summed E-state index contributed by atoms with van der Waals surface area (Å²) < 4.78 is 27.6. The molecular formula is C17H16Cl2N2O3S. The fraction of sp³-hybridized carbons (Fsp3) is 0.235. The van der Waals surface area contributed by atoms with Gasteiger partial charge in [0, 0.05) is 29.4 Å². The molecule has 8 heteroatoms. The molecule has 1 amide bonds. The minimum absolute atomic E-state index is 0.0851. The van der Waals surface area contributed by atoms with E-state index >= 15 is 0 Å². The molecule has 0 radical (unpaired) electrons. The average Bonchev–Trinajstić information content (AvgIpc) is 2.95. The van der Waals surface area contributed by atoms with Crippen molar-refractivity contribution in [2.24, 2.45) is 0 Å². The number of sulfonamides is 1. The van der Waals surface area contributed by atoms with Gasteiger partial charge in [-0.25, -0.2) is 8.42 Å². The van der Waals surface area contributed by atoms with Crippen molar-refractivity contribution in [3.63, 3.8) is 0 Å². The van der Waals surface area contributed by atoms with E-state index in [0.29, 0.717) is 18.7 Å². The maximum atomic E-state index is 12.6. The predicted molar refractivity (Wildman–Crippen MR) is 100 cm³/mol. The van der Waals surface area contributed by atoms with Crippen LogP contribution in [-0.2, 0) is 14.8 Å². The number of nitrogens with one attached hydrogen (secondary N) is 1. The van der Waals surface area contributed by atoms with Crippen LogP contribution in [0.3, 0.4) is 0 Å². The molecule has 2 aromatic carbocycles. The fourth-order valence-electron chi connectivity index (χ4n) is 2.82. The van der Waals surface area contributed by atoms with E-state index in [-0.39, 0.29) is 20.8 Å². The lowest BCUT2D eigenvalue weighted by Gasteiger charge is -2.19. The number of amides is 1. The molecule has 25 heavy (non-hydrogen) atoms. The van der Waals surface area contributed by atoms with Crippen LogP contribution < -0.4 is 9.62 Å². The van der Waals surface area contributed by atoms with E-state index in [1.54, 1.807) is 23.1 Å². The highest BCUT2D eigenvalue weighted by Gasteiger charge is 2.24. The number of nitrogens with zero attached hydrogens (tertiary/aromatic N) is 1. The SMILES string of the molecule is Cc1cc(NS(=O)(=O)c2cc(Cl)ccc2Cl)ccc1N1CCCC1=O. The normalized spacial score (nSPS) is 14.8. The molecule has 3 rings (SSSR count). The zero-order chi connectivity index (χ0) is 18.2. The van der Waals surface area contributed by atoms with Crippen molar-refractivity contribution in [1.82, 2.24) is 0 Å². The zero-order valence-electron chi connectivity index (χ0n) is 13.4. The molecule has 2 aromatic rings. The number of rotatable bonds is 4. The summed E-state index contributed by atoms with van der Waals surface area (Å²) in [4.78, 5) is 13.5. The second kappa shape index (κ2) is 6.86. The standard InChI is InChI=1S/C17H16Cl2N2O3S/c1-11-9-13(5-7-15(11)21-8-2-3-17(21)22)20-25(23,24)16-10-12(18)4-6-14(16)19/h4-7,9-10,20H,2-3,8H2,1H3. The molecule has 0 aromatic heterocycles. The van der Waals surface area contributed by atoms with Gasteiger partial charge in [-0.05, 0) is 55.3 Å². The van der Waals surface area contributed by atoms with Gasteiger partial charge in [-0.3, -0.25) is 9.52 Å². The number of hydrogen-bond donors (Lipinski definition) is 1. The van der Waals surface area contributed by atoms with Gasteiger partial charge in [0.25, 0.3) is 10.0 Å². The van der Waals surface area contributed by atoms with Gasteiger partial charge < -0.3 is 4.90 Å². The van der Waals surface area contributed by atoms with Gasteiger partial charge in [0.15, 0.2) is 0 Å². The molecule has 0 unspecified atom stereocenters. The highest BCUT2D eigenvalue weighted by molar-refractivity contribution is 7.92. The smallest absolute Gasteiger partial charge is 0.263 e. The van der Waals surface area contributed by atoms with E-state index in [0.717, 1.165) is 17.7 Å². The first-order chi connectivity index (χ1) is 11.8. The van der Waals surface area contributed by atoms with Crippen molar-refractivity contribution in [3.05, 3.63) is 52.0 Å². The lowest BCUT2D eigenvalue weighted by molar-refractivity contribution is -0.117. The molecule has 1 fully saturated rings. The number of benzene rings is 2. The number of carbonyl (C=O) groups is 1. The van der Waals surface area contributed by atoms with Crippen LogP contribution in [0.4, 0.5) is 11.4 Å². The molecule has 1 saturated heterocycles. The minimum Gasteiger partial charge on any atom is -0.312 e. The Bertz CT molecular complexity index is 945. The second-order valence-corrected chi connectivity index (χ2v) is 8.32. The number of carbonyl (C=O) groups excluding carboxylic acids is 1. The summed E-state index contributed by atoms with van der Waals surface area (Å²) >= 11 is 11.9. The van der Waals surface area contributed by atoms with Gasteiger partial charge in [-0.15, -0.1) is 0 Å². The van der Waals surface area contributed by atoms with Crippen LogP contribution in [0.15, 0.2) is 41.3 Å². The maximum absolute atomic E-state index is 12.6. The van der Waals surface area contributed by atoms with Crippen LogP contribution in [0.5, 0.6) is 0 Å². The third-order valence-electron chi connectivity index (χ3n) is 4.00. The number of aryl methyl sites for hydroxylation is 1. The molecule has 1 heterocycles. The highest BCUT2D eigenvalue weighted by Crippen LogP contribution is 2.30. The molecule has 1 aliphatic heterocycles. The average molecular weight is 399 g/mol. The molecule has 132 valence electrons. The van der Waals surface area contributed by atoms with E-state index in [4.69, 9.17) is 23.2 Å². The van der Waals surface area contributed by atoms with Crippen LogP contribution in [-0.4, -0.2) is 20.9 Å². The summed E-state index contributed by atoms with van der Waals surface area (Å²) in [6.45, 7) is 2.52. The van der Waals surface area contributed by atoms with Gasteiger partial charge in [-0.1, -0.05) is 23.2 Å². The van der Waals surface area contributed by atoms with Crippen molar-refractivity contribution in [3.8, 4) is 0 Å². The summed E-state index contributed by atoms with van der Waals surface area (Å²) in [7, 11) is -3.87. The molecule has 0 spiro atoms. The summed E-state index contributed by atoms with van der Waals surface area (Å²) in [5, 5.41) is 0.372. The Hall–Kier alpha value is -1.76. The number of anilines is 2. The predicted octanol–water partition coefficient (Wildman–Crippen LogP) is 4.23.